The molecule has 1 aliphatic carbocycles. The Morgan fingerprint density at radius 1 is 1.13 bits per heavy atom. The van der Waals surface area contributed by atoms with Gasteiger partial charge >= 0.3 is 5.69 Å². The van der Waals surface area contributed by atoms with Crippen molar-refractivity contribution in [2.45, 2.75) is 52.1 Å². The Labute approximate surface area is 227 Å². The summed E-state index contributed by atoms with van der Waals surface area (Å²) in [5.41, 5.74) is 10.3. The average molecular weight is 532 g/mol. The van der Waals surface area contributed by atoms with Gasteiger partial charge in [0, 0.05) is 17.8 Å². The Bertz CT molecular complexity index is 1490. The molecule has 1 atom stereocenters. The first-order valence-corrected chi connectivity index (χ1v) is 13.7. The van der Waals surface area contributed by atoms with E-state index in [0.29, 0.717) is 47.9 Å². The van der Waals surface area contributed by atoms with Crippen molar-refractivity contribution in [1.82, 2.24) is 19.1 Å². The minimum atomic E-state index is -0.295. The number of carbonyl (C=O) groups excluding carboxylic acids is 1. The third-order valence-electron chi connectivity index (χ3n) is 7.61. The van der Waals surface area contributed by atoms with Gasteiger partial charge in [0.25, 0.3) is 5.91 Å². The molecule has 7 nitrogen and oxygen atoms in total. The third-order valence-corrected chi connectivity index (χ3v) is 8.08. The van der Waals surface area contributed by atoms with Crippen molar-refractivity contribution < 1.29 is 4.79 Å². The predicted octanol–water partition coefficient (Wildman–Crippen LogP) is 5.15. The molecule has 198 valence electrons. The first kappa shape index (κ1) is 26.2. The lowest BCUT2D eigenvalue weighted by molar-refractivity contribution is 0.0493. The Morgan fingerprint density at radius 3 is 2.47 bits per heavy atom. The molecule has 2 aromatic heterocycles. The van der Waals surface area contributed by atoms with Gasteiger partial charge in [0.05, 0.1) is 28.8 Å². The molecule has 0 spiro atoms. The van der Waals surface area contributed by atoms with Crippen LogP contribution in [0.3, 0.4) is 0 Å². The maximum Gasteiger partial charge on any atom is 0.349 e. The average Bonchev–Trinajstić information content (AvgIpc) is 3.18. The SMILES string of the molecule is Cc1ccc(C(=O)N(CCCN)C(c2cc3c(Cl)c(C)nn3c(=O)n2Cc2ccccc2)C2CCC2)cc1. The molecule has 4 aromatic rings. The van der Waals surface area contributed by atoms with E-state index in [2.05, 4.69) is 5.10 Å². The fourth-order valence-electron chi connectivity index (χ4n) is 5.31. The van der Waals surface area contributed by atoms with Gasteiger partial charge in [-0.3, -0.25) is 9.36 Å². The maximum absolute atomic E-state index is 14.1. The van der Waals surface area contributed by atoms with Crippen LogP contribution in [0.5, 0.6) is 0 Å². The summed E-state index contributed by atoms with van der Waals surface area (Å²) in [7, 11) is 0. The van der Waals surface area contributed by atoms with Gasteiger partial charge in [-0.2, -0.15) is 9.61 Å². The minimum absolute atomic E-state index is 0.0512. The summed E-state index contributed by atoms with van der Waals surface area (Å²) in [6.45, 7) is 5.15. The number of nitrogens with zero attached hydrogens (tertiary/aromatic N) is 4. The molecule has 1 fully saturated rings. The van der Waals surface area contributed by atoms with Crippen molar-refractivity contribution in [3.05, 3.63) is 104 Å². The standard InChI is InChI=1S/C30H34ClN5O2/c1-20-12-14-24(15-13-20)29(37)34(17-7-16-32)28(23-10-6-11-23)26-18-25-27(31)21(2)33-36(25)30(38)35(26)19-22-8-4-3-5-9-22/h3-5,8-9,12-15,18,23,28H,6-7,10-11,16-17,19,32H2,1-2H3. The zero-order valence-electron chi connectivity index (χ0n) is 21.9. The van der Waals surface area contributed by atoms with E-state index in [1.807, 2.05) is 72.5 Å². The van der Waals surface area contributed by atoms with Crippen molar-refractivity contribution in [3.8, 4) is 0 Å². The molecule has 0 aliphatic heterocycles. The molecule has 2 N–H and O–H groups in total. The summed E-state index contributed by atoms with van der Waals surface area (Å²) in [5, 5.41) is 4.89. The monoisotopic (exact) mass is 531 g/mol. The number of halogens is 1. The Morgan fingerprint density at radius 2 is 1.84 bits per heavy atom. The highest BCUT2D eigenvalue weighted by Gasteiger charge is 2.38. The molecule has 0 radical (unpaired) electrons. The van der Waals surface area contributed by atoms with Gasteiger partial charge in [0.1, 0.15) is 0 Å². The second kappa shape index (κ2) is 11.1. The lowest BCUT2D eigenvalue weighted by atomic mass is 9.77. The number of fused-ring (bicyclic) bond motifs is 1. The molecular formula is C30H34ClN5O2. The number of hydrogen-bond acceptors (Lipinski definition) is 4. The highest BCUT2D eigenvalue weighted by atomic mass is 35.5. The number of hydrogen-bond donors (Lipinski definition) is 1. The lowest BCUT2D eigenvalue weighted by Crippen LogP contribution is -2.44. The summed E-state index contributed by atoms with van der Waals surface area (Å²) in [5.74, 6) is 0.179. The molecule has 1 saturated carbocycles. The van der Waals surface area contributed by atoms with Crippen LogP contribution < -0.4 is 11.4 Å². The topological polar surface area (TPSA) is 85.6 Å². The van der Waals surface area contributed by atoms with Crippen LogP contribution in [-0.4, -0.2) is 38.1 Å². The van der Waals surface area contributed by atoms with E-state index in [4.69, 9.17) is 17.3 Å². The number of carbonyl (C=O) groups is 1. The van der Waals surface area contributed by atoms with Crippen LogP contribution in [0.1, 0.15) is 64.6 Å². The van der Waals surface area contributed by atoms with Crippen LogP contribution >= 0.6 is 11.6 Å². The first-order valence-electron chi connectivity index (χ1n) is 13.3. The fraction of sp³-hybridized carbons (Fsp3) is 0.367. The molecule has 38 heavy (non-hydrogen) atoms. The quantitative estimate of drug-likeness (QED) is 0.324. The molecule has 1 unspecified atom stereocenters. The van der Waals surface area contributed by atoms with Crippen molar-refractivity contribution in [1.29, 1.82) is 0 Å². The van der Waals surface area contributed by atoms with E-state index in [1.54, 1.807) is 11.5 Å². The number of benzene rings is 2. The molecule has 0 bridgehead atoms. The second-order valence-corrected chi connectivity index (χ2v) is 10.6. The third kappa shape index (κ3) is 5.00. The number of amides is 1. The summed E-state index contributed by atoms with van der Waals surface area (Å²) in [4.78, 5) is 29.9. The molecule has 1 amide bonds. The maximum atomic E-state index is 14.1. The zero-order chi connectivity index (χ0) is 26.8. The van der Waals surface area contributed by atoms with Gasteiger partial charge in [-0.1, -0.05) is 66.0 Å². The lowest BCUT2D eigenvalue weighted by Gasteiger charge is -2.42. The number of rotatable bonds is 9. The van der Waals surface area contributed by atoms with E-state index in [9.17, 15) is 9.59 Å². The molecule has 1 aliphatic rings. The van der Waals surface area contributed by atoms with Gasteiger partial charge < -0.3 is 10.6 Å². The Kier molecular flexibility index (Phi) is 7.68. The van der Waals surface area contributed by atoms with Crippen LogP contribution in [0.15, 0.2) is 65.5 Å². The fourth-order valence-corrected chi connectivity index (χ4v) is 5.48. The van der Waals surface area contributed by atoms with Crippen molar-refractivity contribution in [2.24, 2.45) is 11.7 Å². The van der Waals surface area contributed by atoms with Crippen molar-refractivity contribution in [3.63, 3.8) is 0 Å². The number of aryl methyl sites for hydroxylation is 2. The van der Waals surface area contributed by atoms with Crippen LogP contribution in [0.4, 0.5) is 0 Å². The minimum Gasteiger partial charge on any atom is -0.330 e. The van der Waals surface area contributed by atoms with E-state index in [-0.39, 0.29) is 23.6 Å². The van der Waals surface area contributed by atoms with Crippen LogP contribution in [-0.2, 0) is 6.54 Å². The molecular weight excluding hydrogens is 498 g/mol. The Hall–Kier alpha value is -3.42. The van der Waals surface area contributed by atoms with Gasteiger partial charge in [-0.25, -0.2) is 4.79 Å². The van der Waals surface area contributed by atoms with Gasteiger partial charge in [0.15, 0.2) is 0 Å². The smallest absolute Gasteiger partial charge is 0.330 e. The van der Waals surface area contributed by atoms with E-state index in [0.717, 1.165) is 36.1 Å². The highest BCUT2D eigenvalue weighted by molar-refractivity contribution is 6.34. The van der Waals surface area contributed by atoms with Gasteiger partial charge in [-0.05, 0) is 69.3 Å². The van der Waals surface area contributed by atoms with E-state index < -0.39 is 0 Å². The molecule has 0 saturated heterocycles. The van der Waals surface area contributed by atoms with E-state index in [1.165, 1.54) is 4.52 Å². The highest BCUT2D eigenvalue weighted by Crippen LogP contribution is 2.42. The summed E-state index contributed by atoms with van der Waals surface area (Å²) >= 11 is 6.64. The van der Waals surface area contributed by atoms with Crippen molar-refractivity contribution >= 4 is 23.0 Å². The van der Waals surface area contributed by atoms with Crippen molar-refractivity contribution in [2.75, 3.05) is 13.1 Å². The molecule has 5 rings (SSSR count). The molecule has 2 heterocycles. The molecule has 8 heteroatoms. The molecule has 2 aromatic carbocycles. The Balaban J connectivity index is 1.71. The van der Waals surface area contributed by atoms with Gasteiger partial charge in [-0.15, -0.1) is 0 Å². The van der Waals surface area contributed by atoms with E-state index >= 15 is 0 Å². The summed E-state index contributed by atoms with van der Waals surface area (Å²) < 4.78 is 3.15. The normalized spacial score (nSPS) is 14.4. The number of nitrogens with two attached hydrogens (primary N) is 1. The number of aromatic nitrogens is 3. The van der Waals surface area contributed by atoms with Crippen LogP contribution in [0.25, 0.3) is 5.52 Å². The summed E-state index contributed by atoms with van der Waals surface area (Å²) in [6.07, 6.45) is 3.74. The van der Waals surface area contributed by atoms with Crippen LogP contribution in [0, 0.1) is 19.8 Å². The largest absolute Gasteiger partial charge is 0.349 e. The second-order valence-electron chi connectivity index (χ2n) is 10.3. The van der Waals surface area contributed by atoms with Gasteiger partial charge in [0.2, 0.25) is 0 Å². The van der Waals surface area contributed by atoms with Crippen LogP contribution in [0.2, 0.25) is 5.02 Å². The summed E-state index contributed by atoms with van der Waals surface area (Å²) in [6, 6.07) is 19.2. The predicted molar refractivity (Wildman–Crippen MR) is 151 cm³/mol. The first-order chi connectivity index (χ1) is 18.4. The zero-order valence-corrected chi connectivity index (χ0v) is 22.7.